The highest BCUT2D eigenvalue weighted by Crippen LogP contribution is 2.26. The molecule has 1 aliphatic heterocycles. The highest BCUT2D eigenvalue weighted by atomic mass is 32.1. The van der Waals surface area contributed by atoms with E-state index in [0.29, 0.717) is 12.1 Å². The summed E-state index contributed by atoms with van der Waals surface area (Å²) < 4.78 is 5.68. The van der Waals surface area contributed by atoms with E-state index in [0.717, 1.165) is 30.5 Å². The Kier molecular flexibility index (Phi) is 5.19. The second kappa shape index (κ2) is 6.68. The van der Waals surface area contributed by atoms with Gasteiger partial charge in [-0.1, -0.05) is 13.8 Å². The fraction of sp³-hybridized carbons (Fsp3) is 0.786. The molecule has 19 heavy (non-hydrogen) atoms. The van der Waals surface area contributed by atoms with Crippen molar-refractivity contribution in [2.45, 2.75) is 52.3 Å². The Labute approximate surface area is 120 Å². The lowest BCUT2D eigenvalue weighted by Crippen LogP contribution is -2.28. The fourth-order valence-corrected chi connectivity index (χ4v) is 3.19. The molecule has 2 rings (SSSR count). The maximum Gasteiger partial charge on any atom is 0.185 e. The molecule has 1 N–H and O–H groups in total. The topological polar surface area (TPSA) is 37.4 Å². The summed E-state index contributed by atoms with van der Waals surface area (Å²) >= 11 is 1.79. The van der Waals surface area contributed by atoms with Crippen LogP contribution in [0.2, 0.25) is 0 Å². The van der Waals surface area contributed by atoms with Gasteiger partial charge in [0.15, 0.2) is 5.13 Å². The van der Waals surface area contributed by atoms with Crippen LogP contribution in [0.3, 0.4) is 0 Å². The SMILES string of the molecule is Cc1nc(N(C)CC2CCCO2)sc1CNC(C)C. The number of hydrogen-bond donors (Lipinski definition) is 1. The van der Waals surface area contributed by atoms with Crippen LogP contribution < -0.4 is 10.2 Å². The number of likely N-dealkylation sites (N-methyl/N-ethyl adjacent to an activating group) is 1. The van der Waals surface area contributed by atoms with Crippen molar-refractivity contribution in [1.29, 1.82) is 0 Å². The number of anilines is 1. The molecule has 1 atom stereocenters. The van der Waals surface area contributed by atoms with Crippen molar-refractivity contribution >= 4 is 16.5 Å². The number of hydrogen-bond acceptors (Lipinski definition) is 5. The van der Waals surface area contributed by atoms with Gasteiger partial charge in [-0.25, -0.2) is 4.98 Å². The van der Waals surface area contributed by atoms with Gasteiger partial charge < -0.3 is 15.0 Å². The molecular weight excluding hydrogens is 258 g/mol. The fourth-order valence-electron chi connectivity index (χ4n) is 2.21. The molecule has 1 unspecified atom stereocenters. The lowest BCUT2D eigenvalue weighted by Gasteiger charge is -2.19. The van der Waals surface area contributed by atoms with Crippen molar-refractivity contribution < 1.29 is 4.74 Å². The van der Waals surface area contributed by atoms with Gasteiger partial charge >= 0.3 is 0 Å². The third-order valence-electron chi connectivity index (χ3n) is 3.38. The van der Waals surface area contributed by atoms with Crippen molar-refractivity contribution in [3.8, 4) is 0 Å². The van der Waals surface area contributed by atoms with Gasteiger partial charge in [-0.15, -0.1) is 11.3 Å². The number of nitrogens with zero attached hydrogens (tertiary/aromatic N) is 2. The molecule has 1 aliphatic rings. The zero-order valence-electron chi connectivity index (χ0n) is 12.4. The minimum absolute atomic E-state index is 0.381. The van der Waals surface area contributed by atoms with E-state index in [9.17, 15) is 0 Å². The number of aryl methyl sites for hydroxylation is 1. The smallest absolute Gasteiger partial charge is 0.185 e. The largest absolute Gasteiger partial charge is 0.376 e. The highest BCUT2D eigenvalue weighted by molar-refractivity contribution is 7.15. The zero-order chi connectivity index (χ0) is 13.8. The van der Waals surface area contributed by atoms with Gasteiger partial charge in [0.05, 0.1) is 11.8 Å². The lowest BCUT2D eigenvalue weighted by atomic mass is 10.2. The maximum absolute atomic E-state index is 5.68. The molecule has 1 saturated heterocycles. The Morgan fingerprint density at radius 3 is 2.95 bits per heavy atom. The quantitative estimate of drug-likeness (QED) is 0.870. The van der Waals surface area contributed by atoms with Crippen LogP contribution >= 0.6 is 11.3 Å². The predicted octanol–water partition coefficient (Wildman–Crippen LogP) is 2.56. The summed E-state index contributed by atoms with van der Waals surface area (Å²) in [6, 6.07) is 0.509. The third-order valence-corrected chi connectivity index (χ3v) is 4.65. The van der Waals surface area contributed by atoms with Crippen LogP contribution in [0.1, 0.15) is 37.3 Å². The van der Waals surface area contributed by atoms with Gasteiger partial charge in [0.25, 0.3) is 0 Å². The van der Waals surface area contributed by atoms with Crippen LogP contribution in [-0.4, -0.2) is 37.3 Å². The predicted molar refractivity (Wildman–Crippen MR) is 81.1 cm³/mol. The molecule has 1 fully saturated rings. The van der Waals surface area contributed by atoms with Crippen molar-refractivity contribution in [1.82, 2.24) is 10.3 Å². The summed E-state index contributed by atoms with van der Waals surface area (Å²) in [5.74, 6) is 0. The summed E-state index contributed by atoms with van der Waals surface area (Å²) in [7, 11) is 2.11. The third kappa shape index (κ3) is 4.16. The molecule has 4 nitrogen and oxygen atoms in total. The Balaban J connectivity index is 1.93. The number of nitrogens with one attached hydrogen (secondary N) is 1. The molecule has 0 radical (unpaired) electrons. The normalized spacial score (nSPS) is 19.3. The van der Waals surface area contributed by atoms with Crippen molar-refractivity contribution in [2.75, 3.05) is 25.1 Å². The highest BCUT2D eigenvalue weighted by Gasteiger charge is 2.19. The van der Waals surface area contributed by atoms with Crippen molar-refractivity contribution in [3.63, 3.8) is 0 Å². The summed E-state index contributed by atoms with van der Waals surface area (Å²) in [4.78, 5) is 8.24. The lowest BCUT2D eigenvalue weighted by molar-refractivity contribution is 0.116. The number of aromatic nitrogens is 1. The second-order valence-corrected chi connectivity index (χ2v) is 6.62. The second-order valence-electron chi connectivity index (χ2n) is 5.56. The minimum Gasteiger partial charge on any atom is -0.376 e. The molecular formula is C14H25N3OS. The first-order valence-electron chi connectivity index (χ1n) is 7.08. The van der Waals surface area contributed by atoms with Crippen LogP contribution in [0.5, 0.6) is 0 Å². The van der Waals surface area contributed by atoms with Crippen LogP contribution in [0.15, 0.2) is 0 Å². The Hall–Kier alpha value is -0.650. The molecule has 1 aromatic rings. The van der Waals surface area contributed by atoms with E-state index in [1.807, 2.05) is 0 Å². The number of ether oxygens (including phenoxy) is 1. The van der Waals surface area contributed by atoms with Crippen LogP contribution in [0, 0.1) is 6.92 Å². The van der Waals surface area contributed by atoms with Crippen LogP contribution in [0.25, 0.3) is 0 Å². The molecule has 5 heteroatoms. The first-order valence-corrected chi connectivity index (χ1v) is 7.90. The van der Waals surface area contributed by atoms with Gasteiger partial charge in [-0.2, -0.15) is 0 Å². The van der Waals surface area contributed by atoms with E-state index in [4.69, 9.17) is 4.74 Å². The van der Waals surface area contributed by atoms with E-state index in [2.05, 4.69) is 43.0 Å². The van der Waals surface area contributed by atoms with Gasteiger partial charge in [0.1, 0.15) is 0 Å². The molecule has 1 aromatic heterocycles. The summed E-state index contributed by atoms with van der Waals surface area (Å²) in [5.41, 5.74) is 1.15. The molecule has 2 heterocycles. The summed E-state index contributed by atoms with van der Waals surface area (Å²) in [6.45, 7) is 9.21. The van der Waals surface area contributed by atoms with E-state index in [1.54, 1.807) is 11.3 Å². The first-order chi connectivity index (χ1) is 9.06. The van der Waals surface area contributed by atoms with E-state index in [1.165, 1.54) is 17.7 Å². The van der Waals surface area contributed by atoms with Gasteiger partial charge in [0.2, 0.25) is 0 Å². The number of thiazole rings is 1. The summed E-state index contributed by atoms with van der Waals surface area (Å²) in [6.07, 6.45) is 2.75. The van der Waals surface area contributed by atoms with Crippen molar-refractivity contribution in [3.05, 3.63) is 10.6 Å². The average molecular weight is 283 g/mol. The first kappa shape index (κ1) is 14.8. The van der Waals surface area contributed by atoms with Gasteiger partial charge in [0, 0.05) is 37.7 Å². The van der Waals surface area contributed by atoms with E-state index < -0.39 is 0 Å². The van der Waals surface area contributed by atoms with Gasteiger partial charge in [-0.05, 0) is 19.8 Å². The van der Waals surface area contributed by atoms with Crippen LogP contribution in [-0.2, 0) is 11.3 Å². The monoisotopic (exact) mass is 283 g/mol. The molecule has 0 aliphatic carbocycles. The summed E-state index contributed by atoms with van der Waals surface area (Å²) in [5, 5.41) is 4.56. The van der Waals surface area contributed by atoms with E-state index in [-0.39, 0.29) is 0 Å². The average Bonchev–Trinajstić information content (AvgIpc) is 2.96. The van der Waals surface area contributed by atoms with E-state index >= 15 is 0 Å². The number of rotatable bonds is 6. The standard InChI is InChI=1S/C14H25N3OS/c1-10(2)15-8-13-11(3)16-14(19-13)17(4)9-12-6-5-7-18-12/h10,12,15H,5-9H2,1-4H3. The Morgan fingerprint density at radius 1 is 1.53 bits per heavy atom. The Bertz CT molecular complexity index is 399. The Morgan fingerprint density at radius 2 is 2.32 bits per heavy atom. The minimum atomic E-state index is 0.381. The molecule has 0 aromatic carbocycles. The molecule has 0 bridgehead atoms. The molecule has 0 saturated carbocycles. The van der Waals surface area contributed by atoms with Gasteiger partial charge in [-0.3, -0.25) is 0 Å². The molecule has 0 spiro atoms. The van der Waals surface area contributed by atoms with Crippen LogP contribution in [0.4, 0.5) is 5.13 Å². The maximum atomic E-state index is 5.68. The van der Waals surface area contributed by atoms with Crippen molar-refractivity contribution in [2.24, 2.45) is 0 Å². The zero-order valence-corrected chi connectivity index (χ0v) is 13.2. The molecule has 108 valence electrons. The molecule has 0 amide bonds.